The van der Waals surface area contributed by atoms with Crippen molar-refractivity contribution >= 4 is 10.0 Å². The second-order valence-electron chi connectivity index (χ2n) is 4.63. The van der Waals surface area contributed by atoms with Gasteiger partial charge in [0.1, 0.15) is 0 Å². The van der Waals surface area contributed by atoms with E-state index in [4.69, 9.17) is 5.73 Å². The number of unbranched alkanes of at least 4 members (excludes halogenated alkanes) is 3. The molecule has 0 unspecified atom stereocenters. The Labute approximate surface area is 122 Å². The van der Waals surface area contributed by atoms with E-state index in [1.165, 1.54) is 0 Å². The Bertz CT molecular complexity index is 545. The molecule has 0 heterocycles. The smallest absolute Gasteiger partial charge is 0.330 e. The Morgan fingerprint density at radius 2 is 1.76 bits per heavy atom. The normalized spacial score (nSPS) is 12.6. The molecule has 0 aliphatic carbocycles. The zero-order valence-electron chi connectivity index (χ0n) is 11.5. The molecule has 3 N–H and O–H groups in total. The van der Waals surface area contributed by atoms with Gasteiger partial charge >= 0.3 is 6.18 Å². The molecule has 8 heteroatoms. The maximum Gasteiger partial charge on any atom is 0.416 e. The van der Waals surface area contributed by atoms with Crippen LogP contribution >= 0.6 is 0 Å². The lowest BCUT2D eigenvalue weighted by molar-refractivity contribution is -0.137. The highest BCUT2D eigenvalue weighted by molar-refractivity contribution is 7.89. The zero-order chi connectivity index (χ0) is 15.9. The van der Waals surface area contributed by atoms with Gasteiger partial charge in [-0.15, -0.1) is 0 Å². The maximum atomic E-state index is 12.6. The van der Waals surface area contributed by atoms with Crippen molar-refractivity contribution < 1.29 is 21.6 Å². The number of hydrogen-bond acceptors (Lipinski definition) is 3. The van der Waals surface area contributed by atoms with Crippen LogP contribution in [0.5, 0.6) is 0 Å². The van der Waals surface area contributed by atoms with Crippen LogP contribution in [0.3, 0.4) is 0 Å². The number of nitrogens with two attached hydrogens (primary N) is 1. The number of rotatable bonds is 8. The summed E-state index contributed by atoms with van der Waals surface area (Å²) in [5.41, 5.74) is 4.36. The van der Waals surface area contributed by atoms with E-state index in [0.717, 1.165) is 37.5 Å². The van der Waals surface area contributed by atoms with Gasteiger partial charge in [-0.1, -0.05) is 18.9 Å². The molecule has 0 spiro atoms. The summed E-state index contributed by atoms with van der Waals surface area (Å²) in [5.74, 6) is 0. The average Bonchev–Trinajstić information content (AvgIpc) is 2.42. The quantitative estimate of drug-likeness (QED) is 0.722. The highest BCUT2D eigenvalue weighted by Gasteiger charge is 2.31. The first kappa shape index (κ1) is 17.9. The van der Waals surface area contributed by atoms with Gasteiger partial charge in [-0.2, -0.15) is 13.2 Å². The molecule has 0 amide bonds. The third-order valence-electron chi connectivity index (χ3n) is 2.89. The van der Waals surface area contributed by atoms with Crippen molar-refractivity contribution in [1.82, 2.24) is 4.72 Å². The highest BCUT2D eigenvalue weighted by atomic mass is 32.2. The van der Waals surface area contributed by atoms with Gasteiger partial charge in [-0.3, -0.25) is 0 Å². The van der Waals surface area contributed by atoms with E-state index in [1.807, 2.05) is 0 Å². The largest absolute Gasteiger partial charge is 0.416 e. The first-order valence-corrected chi connectivity index (χ1v) is 8.12. The third kappa shape index (κ3) is 6.03. The molecule has 1 aromatic carbocycles. The molecule has 0 atom stereocenters. The number of halogens is 3. The lowest BCUT2D eigenvalue weighted by Gasteiger charge is -2.10. The van der Waals surface area contributed by atoms with Gasteiger partial charge in [0.05, 0.1) is 10.5 Å². The molecule has 0 aliphatic heterocycles. The van der Waals surface area contributed by atoms with Crippen LogP contribution in [-0.4, -0.2) is 21.5 Å². The minimum Gasteiger partial charge on any atom is -0.330 e. The number of alkyl halides is 3. The standard InChI is InChI=1S/C13H19F3N2O2S/c14-13(15,16)11-6-5-7-12(10-11)21(19,20)18-9-4-2-1-3-8-17/h5-7,10,18H,1-4,8-9,17H2. The van der Waals surface area contributed by atoms with Crippen molar-refractivity contribution in [2.45, 2.75) is 36.8 Å². The van der Waals surface area contributed by atoms with Crippen molar-refractivity contribution in [2.24, 2.45) is 5.73 Å². The maximum absolute atomic E-state index is 12.6. The van der Waals surface area contributed by atoms with Crippen molar-refractivity contribution in [3.63, 3.8) is 0 Å². The predicted octanol–water partition coefficient (Wildman–Crippen LogP) is 2.50. The van der Waals surface area contributed by atoms with Crippen molar-refractivity contribution in [2.75, 3.05) is 13.1 Å². The van der Waals surface area contributed by atoms with Crippen LogP contribution in [0.25, 0.3) is 0 Å². The zero-order valence-corrected chi connectivity index (χ0v) is 12.3. The van der Waals surface area contributed by atoms with Crippen LogP contribution in [0.2, 0.25) is 0 Å². The molecule has 0 saturated heterocycles. The van der Waals surface area contributed by atoms with E-state index >= 15 is 0 Å². The molecule has 0 saturated carbocycles. The van der Waals surface area contributed by atoms with Gasteiger partial charge in [0.15, 0.2) is 0 Å². The fraction of sp³-hybridized carbons (Fsp3) is 0.538. The number of benzene rings is 1. The summed E-state index contributed by atoms with van der Waals surface area (Å²) in [4.78, 5) is -0.376. The van der Waals surface area contributed by atoms with Crippen LogP contribution in [0.15, 0.2) is 29.2 Å². The summed E-state index contributed by atoms with van der Waals surface area (Å²) >= 11 is 0. The van der Waals surface area contributed by atoms with Crippen LogP contribution < -0.4 is 10.5 Å². The predicted molar refractivity (Wildman–Crippen MR) is 74.2 cm³/mol. The molecule has 21 heavy (non-hydrogen) atoms. The van der Waals surface area contributed by atoms with Crippen LogP contribution in [0.4, 0.5) is 13.2 Å². The summed E-state index contributed by atoms with van der Waals surface area (Å²) < 4.78 is 63.8. The molecular weight excluding hydrogens is 305 g/mol. The minimum atomic E-state index is -4.56. The van der Waals surface area contributed by atoms with Gasteiger partial charge in [0, 0.05) is 6.54 Å². The molecule has 4 nitrogen and oxygen atoms in total. The first-order valence-electron chi connectivity index (χ1n) is 6.64. The van der Waals surface area contributed by atoms with Gasteiger partial charge in [-0.25, -0.2) is 13.1 Å². The summed E-state index contributed by atoms with van der Waals surface area (Å²) in [6, 6.07) is 3.70. The molecule has 1 aromatic rings. The molecule has 0 radical (unpaired) electrons. The van der Waals surface area contributed by atoms with Gasteiger partial charge in [0.2, 0.25) is 10.0 Å². The summed E-state index contributed by atoms with van der Waals surface area (Å²) in [6.45, 7) is 0.791. The Hall–Kier alpha value is -1.12. The molecule has 0 fully saturated rings. The number of sulfonamides is 1. The summed E-state index contributed by atoms with van der Waals surface area (Å²) in [7, 11) is -3.91. The van der Waals surface area contributed by atoms with Crippen LogP contribution in [0, 0.1) is 0 Å². The Balaban J connectivity index is 2.62. The Morgan fingerprint density at radius 3 is 2.38 bits per heavy atom. The van der Waals surface area contributed by atoms with Crippen LogP contribution in [-0.2, 0) is 16.2 Å². The topological polar surface area (TPSA) is 72.2 Å². The minimum absolute atomic E-state index is 0.198. The number of hydrogen-bond donors (Lipinski definition) is 2. The van der Waals surface area contributed by atoms with E-state index < -0.39 is 21.8 Å². The highest BCUT2D eigenvalue weighted by Crippen LogP contribution is 2.30. The van der Waals surface area contributed by atoms with E-state index in [0.29, 0.717) is 19.0 Å². The second kappa shape index (κ2) is 7.77. The second-order valence-corrected chi connectivity index (χ2v) is 6.39. The molecular formula is C13H19F3N2O2S. The lowest BCUT2D eigenvalue weighted by atomic mass is 10.2. The van der Waals surface area contributed by atoms with E-state index in [9.17, 15) is 21.6 Å². The van der Waals surface area contributed by atoms with E-state index in [2.05, 4.69) is 4.72 Å². The molecule has 0 aliphatic rings. The van der Waals surface area contributed by atoms with Crippen molar-refractivity contribution in [3.8, 4) is 0 Å². The Morgan fingerprint density at radius 1 is 1.10 bits per heavy atom. The molecule has 1 rings (SSSR count). The fourth-order valence-corrected chi connectivity index (χ4v) is 2.87. The van der Waals surface area contributed by atoms with Gasteiger partial charge in [0.25, 0.3) is 0 Å². The molecule has 0 bridgehead atoms. The van der Waals surface area contributed by atoms with E-state index in [-0.39, 0.29) is 11.4 Å². The molecule has 120 valence electrons. The third-order valence-corrected chi connectivity index (χ3v) is 4.35. The first-order chi connectivity index (χ1) is 9.77. The molecule has 0 aromatic heterocycles. The van der Waals surface area contributed by atoms with Gasteiger partial charge in [-0.05, 0) is 37.6 Å². The van der Waals surface area contributed by atoms with Crippen molar-refractivity contribution in [3.05, 3.63) is 29.8 Å². The summed E-state index contributed by atoms with van der Waals surface area (Å²) in [5, 5.41) is 0. The Kier molecular flexibility index (Phi) is 6.63. The van der Waals surface area contributed by atoms with Gasteiger partial charge < -0.3 is 5.73 Å². The van der Waals surface area contributed by atoms with Crippen LogP contribution in [0.1, 0.15) is 31.2 Å². The monoisotopic (exact) mass is 324 g/mol. The average molecular weight is 324 g/mol. The number of nitrogens with one attached hydrogen (secondary N) is 1. The van der Waals surface area contributed by atoms with E-state index in [1.54, 1.807) is 0 Å². The fourth-order valence-electron chi connectivity index (χ4n) is 1.75. The summed E-state index contributed by atoms with van der Waals surface area (Å²) in [6.07, 6.45) is -1.34. The van der Waals surface area contributed by atoms with Crippen molar-refractivity contribution in [1.29, 1.82) is 0 Å². The lowest BCUT2D eigenvalue weighted by Crippen LogP contribution is -2.25. The SMILES string of the molecule is NCCCCCCNS(=O)(=O)c1cccc(C(F)(F)F)c1.